The summed E-state index contributed by atoms with van der Waals surface area (Å²) in [6, 6.07) is 0.861. The first-order valence-corrected chi connectivity index (χ1v) is 6.38. The Balaban J connectivity index is 2.40. The van der Waals surface area contributed by atoms with E-state index in [0.29, 0.717) is 0 Å². The van der Waals surface area contributed by atoms with Gasteiger partial charge in [-0.15, -0.1) is 0 Å². The van der Waals surface area contributed by atoms with Crippen LogP contribution >= 0.6 is 0 Å². The average molecular weight is 214 g/mol. The van der Waals surface area contributed by atoms with Crippen molar-refractivity contribution in [2.45, 2.75) is 57.5 Å². The SMILES string of the molecule is CCC1CCCCCN1CC(N)CCO. The second-order valence-corrected chi connectivity index (χ2v) is 4.68. The van der Waals surface area contributed by atoms with Gasteiger partial charge in [0, 0.05) is 25.2 Å². The summed E-state index contributed by atoms with van der Waals surface area (Å²) in [6.45, 7) is 4.63. The van der Waals surface area contributed by atoms with Crippen molar-refractivity contribution in [2.24, 2.45) is 5.73 Å². The minimum atomic E-state index is 0.141. The molecule has 3 N–H and O–H groups in total. The van der Waals surface area contributed by atoms with Gasteiger partial charge in [0.2, 0.25) is 0 Å². The van der Waals surface area contributed by atoms with Crippen LogP contribution in [0.2, 0.25) is 0 Å². The Morgan fingerprint density at radius 3 is 2.87 bits per heavy atom. The van der Waals surface area contributed by atoms with Crippen LogP contribution in [-0.2, 0) is 0 Å². The topological polar surface area (TPSA) is 49.5 Å². The van der Waals surface area contributed by atoms with E-state index in [1.54, 1.807) is 0 Å². The van der Waals surface area contributed by atoms with E-state index in [-0.39, 0.29) is 12.6 Å². The lowest BCUT2D eigenvalue weighted by Gasteiger charge is -2.31. The van der Waals surface area contributed by atoms with Gasteiger partial charge in [0.1, 0.15) is 0 Å². The van der Waals surface area contributed by atoms with E-state index >= 15 is 0 Å². The third kappa shape index (κ3) is 4.49. The van der Waals surface area contributed by atoms with Crippen molar-refractivity contribution in [3.63, 3.8) is 0 Å². The fourth-order valence-corrected chi connectivity index (χ4v) is 2.50. The molecule has 1 rings (SSSR count). The third-order valence-corrected chi connectivity index (χ3v) is 3.44. The molecule has 0 saturated carbocycles. The van der Waals surface area contributed by atoms with Gasteiger partial charge in [-0.1, -0.05) is 19.8 Å². The van der Waals surface area contributed by atoms with Gasteiger partial charge in [-0.2, -0.15) is 0 Å². The Morgan fingerprint density at radius 2 is 2.20 bits per heavy atom. The van der Waals surface area contributed by atoms with Crippen molar-refractivity contribution in [3.8, 4) is 0 Å². The lowest BCUT2D eigenvalue weighted by Crippen LogP contribution is -2.43. The molecule has 0 aromatic heterocycles. The highest BCUT2D eigenvalue weighted by Gasteiger charge is 2.20. The molecule has 2 unspecified atom stereocenters. The normalized spacial score (nSPS) is 26.2. The van der Waals surface area contributed by atoms with Gasteiger partial charge in [0.15, 0.2) is 0 Å². The van der Waals surface area contributed by atoms with Gasteiger partial charge in [0.05, 0.1) is 0 Å². The van der Waals surface area contributed by atoms with Gasteiger partial charge in [-0.3, -0.25) is 4.90 Å². The van der Waals surface area contributed by atoms with Crippen molar-refractivity contribution >= 4 is 0 Å². The molecule has 1 heterocycles. The predicted octanol–water partition coefficient (Wildman–Crippen LogP) is 1.35. The number of nitrogens with zero attached hydrogens (tertiary/aromatic N) is 1. The number of aliphatic hydroxyl groups is 1. The quantitative estimate of drug-likeness (QED) is 0.726. The van der Waals surface area contributed by atoms with Gasteiger partial charge >= 0.3 is 0 Å². The Labute approximate surface area is 93.6 Å². The lowest BCUT2D eigenvalue weighted by molar-refractivity contribution is 0.171. The van der Waals surface area contributed by atoms with Crippen LogP contribution in [0.4, 0.5) is 0 Å². The average Bonchev–Trinajstić information content (AvgIpc) is 2.43. The highest BCUT2D eigenvalue weighted by Crippen LogP contribution is 2.19. The Bertz CT molecular complexity index is 164. The number of rotatable bonds is 5. The Kier molecular flexibility index (Phi) is 6.22. The van der Waals surface area contributed by atoms with Crippen molar-refractivity contribution in [1.29, 1.82) is 0 Å². The van der Waals surface area contributed by atoms with E-state index in [1.165, 1.54) is 38.6 Å². The predicted molar refractivity (Wildman–Crippen MR) is 63.8 cm³/mol. The van der Waals surface area contributed by atoms with E-state index in [9.17, 15) is 0 Å². The molecule has 0 aliphatic carbocycles. The monoisotopic (exact) mass is 214 g/mol. The van der Waals surface area contributed by atoms with Crippen LogP contribution in [0.15, 0.2) is 0 Å². The fourth-order valence-electron chi connectivity index (χ4n) is 2.50. The zero-order chi connectivity index (χ0) is 11.1. The van der Waals surface area contributed by atoms with Crippen molar-refractivity contribution in [1.82, 2.24) is 4.90 Å². The molecular weight excluding hydrogens is 188 g/mol. The summed E-state index contributed by atoms with van der Waals surface area (Å²) in [5.74, 6) is 0. The second kappa shape index (κ2) is 7.20. The number of hydrogen-bond donors (Lipinski definition) is 2. The largest absolute Gasteiger partial charge is 0.396 e. The van der Waals surface area contributed by atoms with Crippen LogP contribution in [0.5, 0.6) is 0 Å². The molecule has 0 bridgehead atoms. The molecule has 0 spiro atoms. The number of hydrogen-bond acceptors (Lipinski definition) is 3. The molecule has 1 saturated heterocycles. The van der Waals surface area contributed by atoms with Gasteiger partial charge in [-0.05, 0) is 32.2 Å². The molecule has 90 valence electrons. The van der Waals surface area contributed by atoms with Crippen LogP contribution in [0.3, 0.4) is 0 Å². The highest BCUT2D eigenvalue weighted by molar-refractivity contribution is 4.77. The van der Waals surface area contributed by atoms with Crippen LogP contribution < -0.4 is 5.73 Å². The summed E-state index contributed by atoms with van der Waals surface area (Å²) in [5.41, 5.74) is 5.98. The van der Waals surface area contributed by atoms with Gasteiger partial charge < -0.3 is 10.8 Å². The fraction of sp³-hybridized carbons (Fsp3) is 1.00. The molecule has 0 aromatic rings. The smallest absolute Gasteiger partial charge is 0.0446 e. The maximum Gasteiger partial charge on any atom is 0.0446 e. The minimum Gasteiger partial charge on any atom is -0.396 e. The zero-order valence-electron chi connectivity index (χ0n) is 9.99. The lowest BCUT2D eigenvalue weighted by atomic mass is 10.1. The number of aliphatic hydroxyl groups excluding tert-OH is 1. The standard InChI is InChI=1S/C12H26N2O/c1-2-12-6-4-3-5-8-14(12)10-11(13)7-9-15/h11-12,15H,2-10,13H2,1H3. The zero-order valence-corrected chi connectivity index (χ0v) is 9.99. The van der Waals surface area contributed by atoms with Crippen LogP contribution in [-0.4, -0.2) is 41.8 Å². The Hall–Kier alpha value is -0.120. The van der Waals surface area contributed by atoms with Crippen molar-refractivity contribution in [2.75, 3.05) is 19.7 Å². The number of likely N-dealkylation sites (tertiary alicyclic amines) is 1. The molecular formula is C12H26N2O. The summed E-state index contributed by atoms with van der Waals surface area (Å²) >= 11 is 0. The summed E-state index contributed by atoms with van der Waals surface area (Å²) in [5, 5.41) is 8.85. The summed E-state index contributed by atoms with van der Waals surface area (Å²) in [7, 11) is 0. The van der Waals surface area contributed by atoms with Crippen LogP contribution in [0.1, 0.15) is 45.4 Å². The van der Waals surface area contributed by atoms with E-state index in [1.807, 2.05) is 0 Å². The van der Waals surface area contributed by atoms with E-state index in [2.05, 4.69) is 11.8 Å². The molecule has 0 amide bonds. The van der Waals surface area contributed by atoms with Crippen molar-refractivity contribution < 1.29 is 5.11 Å². The summed E-state index contributed by atoms with van der Waals surface area (Å²) < 4.78 is 0. The maximum absolute atomic E-state index is 8.85. The molecule has 3 heteroatoms. The third-order valence-electron chi connectivity index (χ3n) is 3.44. The Morgan fingerprint density at radius 1 is 1.40 bits per heavy atom. The minimum absolute atomic E-state index is 0.141. The highest BCUT2D eigenvalue weighted by atomic mass is 16.3. The molecule has 0 radical (unpaired) electrons. The molecule has 0 aromatic carbocycles. The molecule has 1 aliphatic heterocycles. The first-order chi connectivity index (χ1) is 7.27. The maximum atomic E-state index is 8.85. The van der Waals surface area contributed by atoms with E-state index in [0.717, 1.165) is 19.0 Å². The molecule has 1 fully saturated rings. The second-order valence-electron chi connectivity index (χ2n) is 4.68. The van der Waals surface area contributed by atoms with E-state index < -0.39 is 0 Å². The first-order valence-electron chi connectivity index (χ1n) is 6.38. The molecule has 3 nitrogen and oxygen atoms in total. The van der Waals surface area contributed by atoms with E-state index in [4.69, 9.17) is 10.8 Å². The van der Waals surface area contributed by atoms with Gasteiger partial charge in [-0.25, -0.2) is 0 Å². The number of nitrogens with two attached hydrogens (primary N) is 1. The molecule has 2 atom stereocenters. The van der Waals surface area contributed by atoms with Gasteiger partial charge in [0.25, 0.3) is 0 Å². The van der Waals surface area contributed by atoms with Crippen LogP contribution in [0.25, 0.3) is 0 Å². The molecule has 15 heavy (non-hydrogen) atoms. The van der Waals surface area contributed by atoms with Crippen LogP contribution in [0, 0.1) is 0 Å². The first kappa shape index (κ1) is 12.9. The van der Waals surface area contributed by atoms with Crippen molar-refractivity contribution in [3.05, 3.63) is 0 Å². The summed E-state index contributed by atoms with van der Waals surface area (Å²) in [6.07, 6.45) is 7.32. The summed E-state index contributed by atoms with van der Waals surface area (Å²) in [4.78, 5) is 2.54. The molecule has 1 aliphatic rings.